The minimum Gasteiger partial charge on any atom is -0.310 e. The van der Waals surface area contributed by atoms with Gasteiger partial charge in [-0.2, -0.15) is 0 Å². The van der Waals surface area contributed by atoms with E-state index in [1.54, 1.807) is 11.1 Å². The molecular weight excluding hydrogens is 635 g/mol. The topological polar surface area (TPSA) is 3.24 Å². The first kappa shape index (κ1) is 29.0. The maximum Gasteiger partial charge on any atom is 0.0468 e. The molecule has 4 saturated carbocycles. The fraction of sp³-hybridized carbons (Fsp3) is 0.265. The van der Waals surface area contributed by atoms with E-state index in [0.29, 0.717) is 0 Å². The van der Waals surface area contributed by atoms with E-state index in [4.69, 9.17) is 0 Å². The van der Waals surface area contributed by atoms with Gasteiger partial charge < -0.3 is 4.90 Å². The molecule has 4 fully saturated rings. The van der Waals surface area contributed by atoms with E-state index in [-0.39, 0.29) is 10.8 Å². The van der Waals surface area contributed by atoms with Crippen LogP contribution in [0.1, 0.15) is 68.2 Å². The molecule has 0 N–H and O–H groups in total. The molecule has 6 aromatic carbocycles. The Labute approximate surface area is 304 Å². The summed E-state index contributed by atoms with van der Waals surface area (Å²) in [5.41, 5.74) is 15.6. The molecule has 0 unspecified atom stereocenters. The van der Waals surface area contributed by atoms with Gasteiger partial charge in [0.1, 0.15) is 0 Å². The van der Waals surface area contributed by atoms with Crippen molar-refractivity contribution in [2.24, 2.45) is 23.7 Å². The van der Waals surface area contributed by atoms with E-state index >= 15 is 0 Å². The van der Waals surface area contributed by atoms with Gasteiger partial charge in [0.15, 0.2) is 0 Å². The van der Waals surface area contributed by atoms with Crippen LogP contribution in [0.4, 0.5) is 17.1 Å². The van der Waals surface area contributed by atoms with Gasteiger partial charge >= 0.3 is 0 Å². The third-order valence-electron chi connectivity index (χ3n) is 14.2. The van der Waals surface area contributed by atoms with Gasteiger partial charge in [0, 0.05) is 48.1 Å². The Morgan fingerprint density at radius 2 is 1.00 bits per heavy atom. The molecule has 0 aliphatic heterocycles. The molecule has 6 aliphatic rings. The fourth-order valence-electron chi connectivity index (χ4n) is 12.4. The van der Waals surface area contributed by atoms with E-state index in [1.807, 2.05) is 11.3 Å². The lowest BCUT2D eigenvalue weighted by atomic mass is 9.43. The predicted molar refractivity (Wildman–Crippen MR) is 215 cm³/mol. The highest BCUT2D eigenvalue weighted by molar-refractivity contribution is 7.25. The molecule has 51 heavy (non-hydrogen) atoms. The van der Waals surface area contributed by atoms with Gasteiger partial charge in [-0.15, -0.1) is 11.3 Å². The van der Waals surface area contributed by atoms with E-state index in [9.17, 15) is 0 Å². The SMILES string of the molecule is CC1(C)c2ccccc2-c2ccc(N(c3ccc4c(c3)C3(c5ccccc5-4)C4CC5CC(C4)CC3C5)c3ccc4sc5ccccc5c4c3)cc21. The number of nitrogens with zero attached hydrogens (tertiary/aromatic N) is 1. The number of fused-ring (bicyclic) bond motifs is 9. The molecule has 4 bridgehead atoms. The van der Waals surface area contributed by atoms with Gasteiger partial charge in [0.2, 0.25) is 0 Å². The molecule has 248 valence electrons. The molecule has 0 saturated heterocycles. The van der Waals surface area contributed by atoms with Crippen molar-refractivity contribution in [3.63, 3.8) is 0 Å². The fourth-order valence-corrected chi connectivity index (χ4v) is 13.5. The smallest absolute Gasteiger partial charge is 0.0468 e. The quantitative estimate of drug-likeness (QED) is 0.180. The zero-order valence-electron chi connectivity index (χ0n) is 29.3. The minimum atomic E-state index is -0.0643. The van der Waals surface area contributed by atoms with E-state index < -0.39 is 0 Å². The molecule has 7 aromatic rings. The van der Waals surface area contributed by atoms with Crippen LogP contribution in [0.5, 0.6) is 0 Å². The van der Waals surface area contributed by atoms with Crippen LogP contribution in [-0.2, 0) is 10.8 Å². The summed E-state index contributed by atoms with van der Waals surface area (Å²) in [6.45, 7) is 4.80. The van der Waals surface area contributed by atoms with Crippen LogP contribution in [0.25, 0.3) is 42.4 Å². The highest BCUT2D eigenvalue weighted by Crippen LogP contribution is 2.69. The molecule has 2 heteroatoms. The van der Waals surface area contributed by atoms with Gasteiger partial charge in [-0.25, -0.2) is 0 Å². The summed E-state index contributed by atoms with van der Waals surface area (Å²) < 4.78 is 2.70. The lowest BCUT2D eigenvalue weighted by Gasteiger charge is -2.61. The monoisotopic (exact) mass is 675 g/mol. The Morgan fingerprint density at radius 3 is 1.75 bits per heavy atom. The number of hydrogen-bond acceptors (Lipinski definition) is 2. The molecule has 1 aromatic heterocycles. The van der Waals surface area contributed by atoms with Crippen LogP contribution in [-0.4, -0.2) is 0 Å². The Morgan fingerprint density at radius 1 is 0.471 bits per heavy atom. The third kappa shape index (κ3) is 3.72. The molecule has 1 nitrogen and oxygen atoms in total. The molecule has 0 radical (unpaired) electrons. The van der Waals surface area contributed by atoms with Crippen molar-refractivity contribution >= 4 is 48.6 Å². The third-order valence-corrected chi connectivity index (χ3v) is 15.4. The van der Waals surface area contributed by atoms with E-state index in [2.05, 4.69) is 146 Å². The summed E-state index contributed by atoms with van der Waals surface area (Å²) in [6, 6.07) is 49.5. The largest absolute Gasteiger partial charge is 0.310 e. The summed E-state index contributed by atoms with van der Waals surface area (Å²) >= 11 is 1.90. The van der Waals surface area contributed by atoms with Crippen LogP contribution in [0, 0.1) is 23.7 Å². The van der Waals surface area contributed by atoms with Crippen molar-refractivity contribution in [3.8, 4) is 22.3 Å². The van der Waals surface area contributed by atoms with Crippen molar-refractivity contribution in [2.75, 3.05) is 4.90 Å². The zero-order valence-corrected chi connectivity index (χ0v) is 30.1. The summed E-state index contributed by atoms with van der Waals surface area (Å²) in [6.07, 6.45) is 7.08. The number of hydrogen-bond donors (Lipinski definition) is 0. The van der Waals surface area contributed by atoms with Gasteiger partial charge in [0.25, 0.3) is 0 Å². The number of rotatable bonds is 3. The van der Waals surface area contributed by atoms with Crippen molar-refractivity contribution < 1.29 is 0 Å². The van der Waals surface area contributed by atoms with Crippen LogP contribution in [0.15, 0.2) is 127 Å². The molecule has 13 rings (SSSR count). The zero-order chi connectivity index (χ0) is 33.6. The van der Waals surface area contributed by atoms with Crippen molar-refractivity contribution in [1.82, 2.24) is 0 Å². The highest BCUT2D eigenvalue weighted by atomic mass is 32.1. The van der Waals surface area contributed by atoms with E-state index in [1.165, 1.54) is 103 Å². The Bertz CT molecular complexity index is 2570. The van der Waals surface area contributed by atoms with Crippen molar-refractivity contribution in [1.29, 1.82) is 0 Å². The van der Waals surface area contributed by atoms with Crippen molar-refractivity contribution in [3.05, 3.63) is 150 Å². The number of benzene rings is 6. The summed E-state index contributed by atoms with van der Waals surface area (Å²) in [5, 5.41) is 2.69. The minimum absolute atomic E-state index is 0.0643. The molecule has 0 atom stereocenters. The van der Waals surface area contributed by atoms with Crippen LogP contribution < -0.4 is 4.90 Å². The lowest BCUT2D eigenvalue weighted by Crippen LogP contribution is -2.55. The first-order valence-corrected chi connectivity index (χ1v) is 20.0. The average Bonchev–Trinajstić information content (AvgIpc) is 3.74. The van der Waals surface area contributed by atoms with Crippen LogP contribution in [0.3, 0.4) is 0 Å². The lowest BCUT2D eigenvalue weighted by molar-refractivity contribution is -0.0399. The first-order valence-electron chi connectivity index (χ1n) is 19.2. The average molecular weight is 676 g/mol. The molecular formula is C49H41NS. The van der Waals surface area contributed by atoms with E-state index in [0.717, 1.165) is 23.7 Å². The van der Waals surface area contributed by atoms with Crippen molar-refractivity contribution in [2.45, 2.75) is 56.8 Å². The second-order valence-corrected chi connectivity index (χ2v) is 18.0. The highest BCUT2D eigenvalue weighted by Gasteiger charge is 2.61. The normalized spacial score (nSPS) is 25.7. The second kappa shape index (κ2) is 10.0. The maximum atomic E-state index is 2.65. The van der Waals surface area contributed by atoms with Gasteiger partial charge in [-0.05, 0) is 149 Å². The second-order valence-electron chi connectivity index (χ2n) is 17.0. The number of thiophene rings is 1. The molecule has 1 heterocycles. The Kier molecular flexibility index (Phi) is 5.69. The van der Waals surface area contributed by atoms with Gasteiger partial charge in [0.05, 0.1) is 0 Å². The summed E-state index contributed by atoms with van der Waals surface area (Å²) in [5.74, 6) is 3.35. The summed E-state index contributed by atoms with van der Waals surface area (Å²) in [7, 11) is 0. The first-order chi connectivity index (χ1) is 25.0. The van der Waals surface area contributed by atoms with Crippen LogP contribution in [0.2, 0.25) is 0 Å². The predicted octanol–water partition coefficient (Wildman–Crippen LogP) is 13.6. The summed E-state index contributed by atoms with van der Waals surface area (Å²) in [4.78, 5) is 2.58. The van der Waals surface area contributed by atoms with Gasteiger partial charge in [-0.3, -0.25) is 0 Å². The molecule has 0 amide bonds. The standard InChI is InChI=1S/C49H41NS/c1-48(2)42-12-6-3-9-36(42)38-18-15-34(27-44(38)48)50(33-17-20-47-41(26-33)40-11-5-8-14-46(40)51-47)35-16-19-39-37-10-4-7-13-43(37)49(45(39)28-35)31-22-29-21-30(24-31)25-32(49)23-29/h3-20,26-32H,21-25H2,1-2H3. The maximum absolute atomic E-state index is 2.65. The molecule has 6 aliphatic carbocycles. The molecule has 1 spiro atoms. The Balaban J connectivity index is 1.09. The van der Waals surface area contributed by atoms with Gasteiger partial charge in [-0.1, -0.05) is 92.7 Å². The van der Waals surface area contributed by atoms with Crippen LogP contribution >= 0.6 is 11.3 Å². The number of anilines is 3. The Hall–Kier alpha value is -4.66.